The van der Waals surface area contributed by atoms with Crippen LogP contribution in [0.3, 0.4) is 0 Å². The van der Waals surface area contributed by atoms with Crippen LogP contribution in [0.5, 0.6) is 0 Å². The number of aromatic nitrogens is 3. The minimum absolute atomic E-state index is 0.116. The van der Waals surface area contributed by atoms with E-state index in [4.69, 9.17) is 0 Å². The third-order valence-corrected chi connectivity index (χ3v) is 4.00. The van der Waals surface area contributed by atoms with Gasteiger partial charge in [0.2, 0.25) is 11.9 Å². The Hall–Kier alpha value is -2.57. The summed E-state index contributed by atoms with van der Waals surface area (Å²) < 4.78 is 13.2. The van der Waals surface area contributed by atoms with Crippen molar-refractivity contribution >= 4 is 17.7 Å². The first-order valence-corrected chi connectivity index (χ1v) is 7.59. The highest BCUT2D eigenvalue weighted by Gasteiger charge is 2.23. The first kappa shape index (κ1) is 15.3. The molecule has 1 amide bonds. The highest BCUT2D eigenvalue weighted by Crippen LogP contribution is 2.27. The van der Waals surface area contributed by atoms with E-state index >= 15 is 0 Å². The molecule has 23 heavy (non-hydrogen) atoms. The average molecular weight is 315 g/mol. The van der Waals surface area contributed by atoms with Crippen molar-refractivity contribution in [1.82, 2.24) is 19.9 Å². The van der Waals surface area contributed by atoms with Crippen LogP contribution < -0.4 is 5.32 Å². The monoisotopic (exact) mass is 315 g/mol. The Bertz CT molecular complexity index is 700. The summed E-state index contributed by atoms with van der Waals surface area (Å²) >= 11 is 0. The lowest BCUT2D eigenvalue weighted by Gasteiger charge is -2.31. The van der Waals surface area contributed by atoms with Crippen molar-refractivity contribution in [3.8, 4) is 0 Å². The zero-order valence-corrected chi connectivity index (χ0v) is 12.9. The van der Waals surface area contributed by atoms with E-state index in [1.54, 1.807) is 13.1 Å². The molecule has 3 rings (SSSR count). The zero-order chi connectivity index (χ0) is 16.2. The van der Waals surface area contributed by atoms with Gasteiger partial charge in [-0.15, -0.1) is 0 Å². The summed E-state index contributed by atoms with van der Waals surface area (Å²) in [4.78, 5) is 25.9. The van der Waals surface area contributed by atoms with Gasteiger partial charge in [-0.25, -0.2) is 19.3 Å². The molecule has 0 saturated carbocycles. The molecule has 0 atom stereocenters. The lowest BCUT2D eigenvalue weighted by Crippen LogP contribution is -2.36. The number of hydrogen-bond acceptors (Lipinski definition) is 5. The van der Waals surface area contributed by atoms with E-state index in [2.05, 4.69) is 20.3 Å². The molecule has 0 aliphatic carbocycles. The highest BCUT2D eigenvalue weighted by molar-refractivity contribution is 5.73. The second kappa shape index (κ2) is 6.68. The highest BCUT2D eigenvalue weighted by atomic mass is 19.1. The maximum absolute atomic E-state index is 13.2. The first-order valence-electron chi connectivity index (χ1n) is 7.59. The first-order chi connectivity index (χ1) is 11.1. The molecular weight excluding hydrogens is 297 g/mol. The number of nitrogens with zero attached hydrogens (tertiary/aromatic N) is 4. The maximum Gasteiger partial charge on any atom is 0.228 e. The summed E-state index contributed by atoms with van der Waals surface area (Å²) in [6, 6.07) is 4.46. The third kappa shape index (κ3) is 3.80. The number of anilines is 2. The molecule has 1 saturated heterocycles. The summed E-state index contributed by atoms with van der Waals surface area (Å²) in [5.41, 5.74) is 0.933. The number of amides is 1. The fourth-order valence-electron chi connectivity index (χ4n) is 2.74. The Morgan fingerprint density at radius 1 is 1.26 bits per heavy atom. The molecule has 1 aliphatic rings. The standard InChI is InChI=1S/C16H18FN5O/c1-11(23)22-8-4-12(5-9-22)14-3-7-19-16(20-14)21-15-10-13(17)2-6-18-15/h2-3,6-7,10,12H,4-5,8-9H2,1H3,(H,18,19,20,21). The quantitative estimate of drug-likeness (QED) is 0.942. The molecule has 7 heteroatoms. The molecule has 2 aromatic heterocycles. The van der Waals surface area contributed by atoms with Crippen molar-refractivity contribution < 1.29 is 9.18 Å². The van der Waals surface area contributed by atoms with Gasteiger partial charge >= 0.3 is 0 Å². The molecule has 1 fully saturated rings. The number of rotatable bonds is 3. The number of likely N-dealkylation sites (tertiary alicyclic amines) is 1. The van der Waals surface area contributed by atoms with Crippen LogP contribution in [0.4, 0.5) is 16.2 Å². The predicted molar refractivity (Wildman–Crippen MR) is 83.7 cm³/mol. The molecule has 0 radical (unpaired) electrons. The fraction of sp³-hybridized carbons (Fsp3) is 0.375. The van der Waals surface area contributed by atoms with Gasteiger partial charge in [-0.2, -0.15) is 0 Å². The number of hydrogen-bond donors (Lipinski definition) is 1. The topological polar surface area (TPSA) is 71.0 Å². The van der Waals surface area contributed by atoms with E-state index in [-0.39, 0.29) is 11.7 Å². The fourth-order valence-corrected chi connectivity index (χ4v) is 2.74. The normalized spacial score (nSPS) is 15.5. The molecule has 0 aromatic carbocycles. The number of nitrogens with one attached hydrogen (secondary N) is 1. The minimum atomic E-state index is -0.366. The Morgan fingerprint density at radius 2 is 2.00 bits per heavy atom. The van der Waals surface area contributed by atoms with Gasteiger partial charge in [0.1, 0.15) is 11.6 Å². The number of carbonyl (C=O) groups excluding carboxylic acids is 1. The average Bonchev–Trinajstić information content (AvgIpc) is 2.55. The summed E-state index contributed by atoms with van der Waals surface area (Å²) in [7, 11) is 0. The Balaban J connectivity index is 1.69. The molecule has 3 heterocycles. The summed E-state index contributed by atoms with van der Waals surface area (Å²) in [6.45, 7) is 3.09. The van der Waals surface area contributed by atoms with Gasteiger partial charge in [0.05, 0.1) is 0 Å². The van der Waals surface area contributed by atoms with Crippen LogP contribution in [-0.4, -0.2) is 38.8 Å². The van der Waals surface area contributed by atoms with Crippen LogP contribution in [0.1, 0.15) is 31.4 Å². The van der Waals surface area contributed by atoms with Crippen molar-refractivity contribution in [2.24, 2.45) is 0 Å². The molecular formula is C16H18FN5O. The van der Waals surface area contributed by atoms with Gasteiger partial charge < -0.3 is 10.2 Å². The van der Waals surface area contributed by atoms with Gasteiger partial charge in [-0.1, -0.05) is 0 Å². The van der Waals surface area contributed by atoms with Gasteiger partial charge in [0, 0.05) is 50.1 Å². The molecule has 6 nitrogen and oxygen atoms in total. The van der Waals surface area contributed by atoms with E-state index < -0.39 is 0 Å². The Kier molecular flexibility index (Phi) is 4.45. The smallest absolute Gasteiger partial charge is 0.228 e. The van der Waals surface area contributed by atoms with E-state index in [0.717, 1.165) is 31.6 Å². The van der Waals surface area contributed by atoms with E-state index in [0.29, 0.717) is 17.7 Å². The van der Waals surface area contributed by atoms with Crippen LogP contribution >= 0.6 is 0 Å². The summed E-state index contributed by atoms with van der Waals surface area (Å²) in [5.74, 6) is 0.818. The van der Waals surface area contributed by atoms with Crippen molar-refractivity contribution in [2.75, 3.05) is 18.4 Å². The Morgan fingerprint density at radius 3 is 2.70 bits per heavy atom. The van der Waals surface area contributed by atoms with Gasteiger partial charge in [-0.3, -0.25) is 4.79 Å². The summed E-state index contributed by atoms with van der Waals surface area (Å²) in [6.07, 6.45) is 4.84. The van der Waals surface area contributed by atoms with Gasteiger partial charge in [0.25, 0.3) is 0 Å². The molecule has 1 aliphatic heterocycles. The zero-order valence-electron chi connectivity index (χ0n) is 12.9. The van der Waals surface area contributed by atoms with E-state index in [1.165, 1.54) is 18.3 Å². The molecule has 120 valence electrons. The molecule has 0 unspecified atom stereocenters. The molecule has 0 bridgehead atoms. The second-order valence-electron chi connectivity index (χ2n) is 5.57. The van der Waals surface area contributed by atoms with Crippen molar-refractivity contribution in [2.45, 2.75) is 25.7 Å². The number of piperidine rings is 1. The molecule has 0 spiro atoms. The SMILES string of the molecule is CC(=O)N1CCC(c2ccnc(Nc3cc(F)ccn3)n2)CC1. The van der Waals surface area contributed by atoms with Crippen molar-refractivity contribution in [3.05, 3.63) is 42.1 Å². The van der Waals surface area contributed by atoms with Crippen LogP contribution in [0.15, 0.2) is 30.6 Å². The lowest BCUT2D eigenvalue weighted by atomic mass is 9.93. The maximum atomic E-state index is 13.2. The van der Waals surface area contributed by atoms with Crippen LogP contribution in [0.25, 0.3) is 0 Å². The second-order valence-corrected chi connectivity index (χ2v) is 5.57. The number of halogens is 1. The lowest BCUT2D eigenvalue weighted by molar-refractivity contribution is -0.129. The van der Waals surface area contributed by atoms with Crippen LogP contribution in [-0.2, 0) is 4.79 Å². The Labute approximate surface area is 133 Å². The summed E-state index contributed by atoms with van der Waals surface area (Å²) in [5, 5.41) is 2.91. The number of pyridine rings is 1. The van der Waals surface area contributed by atoms with Gasteiger partial charge in [0.15, 0.2) is 0 Å². The van der Waals surface area contributed by atoms with Crippen LogP contribution in [0.2, 0.25) is 0 Å². The van der Waals surface area contributed by atoms with Crippen molar-refractivity contribution in [3.63, 3.8) is 0 Å². The molecule has 2 aromatic rings. The van der Waals surface area contributed by atoms with E-state index in [1.807, 2.05) is 11.0 Å². The third-order valence-electron chi connectivity index (χ3n) is 4.00. The number of carbonyl (C=O) groups is 1. The largest absolute Gasteiger partial charge is 0.343 e. The van der Waals surface area contributed by atoms with Gasteiger partial charge in [-0.05, 0) is 25.0 Å². The van der Waals surface area contributed by atoms with Crippen LogP contribution in [0, 0.1) is 5.82 Å². The minimum Gasteiger partial charge on any atom is -0.343 e. The van der Waals surface area contributed by atoms with E-state index in [9.17, 15) is 9.18 Å². The van der Waals surface area contributed by atoms with Crippen molar-refractivity contribution in [1.29, 1.82) is 0 Å². The predicted octanol–water partition coefficient (Wildman–Crippen LogP) is 2.48. The molecule has 1 N–H and O–H groups in total.